The second-order valence-electron chi connectivity index (χ2n) is 10.8. The molecule has 0 spiro atoms. The average molecular weight is 589 g/mol. The maximum Gasteiger partial charge on any atom is 0.252 e. The smallest absolute Gasteiger partial charge is 0.252 e. The van der Waals surface area contributed by atoms with Crippen molar-refractivity contribution in [2.75, 3.05) is 19.0 Å². The lowest BCUT2D eigenvalue weighted by Gasteiger charge is -2.24. The summed E-state index contributed by atoms with van der Waals surface area (Å²) >= 11 is 6.27. The molecule has 10 heteroatoms. The maximum absolute atomic E-state index is 13.7. The number of hydrogen-bond acceptors (Lipinski definition) is 6. The van der Waals surface area contributed by atoms with Crippen molar-refractivity contribution in [2.45, 2.75) is 52.2 Å². The highest BCUT2D eigenvalue weighted by Gasteiger charge is 2.26. The average Bonchev–Trinajstić information content (AvgIpc) is 3.37. The molecule has 218 valence electrons. The third kappa shape index (κ3) is 6.90. The normalized spacial score (nSPS) is 12.1. The van der Waals surface area contributed by atoms with Crippen LogP contribution in [0, 0.1) is 11.3 Å². The molecule has 2 aromatic carbocycles. The van der Waals surface area contributed by atoms with Crippen LogP contribution in [0.4, 0.5) is 5.69 Å². The molecule has 4 aromatic rings. The highest BCUT2D eigenvalue weighted by Crippen LogP contribution is 2.34. The largest absolute Gasteiger partial charge is 0.495 e. The number of anilines is 1. The van der Waals surface area contributed by atoms with Gasteiger partial charge in [0.2, 0.25) is 5.91 Å². The number of carbonyl (C=O) groups is 2. The summed E-state index contributed by atoms with van der Waals surface area (Å²) in [5.74, 6) is -0.237. The molecule has 9 nitrogen and oxygen atoms in total. The summed E-state index contributed by atoms with van der Waals surface area (Å²) in [7, 11) is 1.46. The van der Waals surface area contributed by atoms with Crippen LogP contribution < -0.4 is 15.6 Å². The Hall–Kier alpha value is -4.39. The van der Waals surface area contributed by atoms with E-state index >= 15 is 0 Å². The van der Waals surface area contributed by atoms with Crippen molar-refractivity contribution in [3.05, 3.63) is 81.4 Å². The summed E-state index contributed by atoms with van der Waals surface area (Å²) in [6.45, 7) is 7.70. The van der Waals surface area contributed by atoms with E-state index in [-0.39, 0.29) is 25.2 Å². The first-order valence-corrected chi connectivity index (χ1v) is 13.9. The van der Waals surface area contributed by atoms with Crippen molar-refractivity contribution >= 4 is 39.9 Å². The van der Waals surface area contributed by atoms with Gasteiger partial charge in [0.05, 0.1) is 18.9 Å². The molecular weight excluding hydrogens is 556 g/mol. The van der Waals surface area contributed by atoms with Crippen molar-refractivity contribution in [1.29, 1.82) is 5.26 Å². The van der Waals surface area contributed by atoms with Crippen molar-refractivity contribution in [3.8, 4) is 22.9 Å². The molecule has 2 aromatic heterocycles. The number of rotatable bonds is 10. The fraction of sp³-hybridized carbons (Fsp3) is 0.312. The molecule has 0 fully saturated rings. The number of fused-ring (bicyclic) bond motifs is 1. The number of pyridine rings is 1. The molecule has 1 amide bonds. The summed E-state index contributed by atoms with van der Waals surface area (Å²) in [5, 5.41) is 13.3. The van der Waals surface area contributed by atoms with Crippen LogP contribution in [0.25, 0.3) is 22.0 Å². The van der Waals surface area contributed by atoms with Gasteiger partial charge in [-0.3, -0.25) is 19.0 Å². The number of nitriles is 1. The number of Topliss-reactive ketones (excluding diaryl/α,β-unsaturated/α-hetero) is 1. The van der Waals surface area contributed by atoms with E-state index in [4.69, 9.17) is 21.1 Å². The quantitative estimate of drug-likeness (QED) is 0.203. The second-order valence-corrected chi connectivity index (χ2v) is 11.3. The third-order valence-electron chi connectivity index (χ3n) is 6.73. The number of aromatic nitrogens is 2. The lowest BCUT2D eigenvalue weighted by molar-refractivity contribution is -0.120. The van der Waals surface area contributed by atoms with Crippen molar-refractivity contribution in [3.63, 3.8) is 0 Å². The molecule has 0 saturated heterocycles. The van der Waals surface area contributed by atoms with Gasteiger partial charge in [-0.05, 0) is 62.7 Å². The number of ketones is 1. The van der Waals surface area contributed by atoms with Gasteiger partial charge in [-0.15, -0.1) is 0 Å². The first-order valence-electron chi connectivity index (χ1n) is 13.5. The number of aromatic amines is 1. The predicted octanol–water partition coefficient (Wildman–Crippen LogP) is 6.51. The summed E-state index contributed by atoms with van der Waals surface area (Å²) in [4.78, 5) is 43.0. The Morgan fingerprint density at radius 2 is 1.88 bits per heavy atom. The molecule has 0 aliphatic heterocycles. The molecule has 0 bridgehead atoms. The first-order chi connectivity index (χ1) is 19.9. The number of nitrogens with one attached hydrogen (secondary N) is 2. The number of halogens is 1. The van der Waals surface area contributed by atoms with Gasteiger partial charge in [0.25, 0.3) is 5.56 Å². The van der Waals surface area contributed by atoms with E-state index in [1.165, 1.54) is 23.9 Å². The van der Waals surface area contributed by atoms with Crippen LogP contribution in [0.5, 0.6) is 5.75 Å². The number of hydrogen-bond donors (Lipinski definition) is 2. The van der Waals surface area contributed by atoms with Gasteiger partial charge in [-0.1, -0.05) is 24.6 Å². The van der Waals surface area contributed by atoms with Crippen molar-refractivity contribution in [1.82, 2.24) is 9.55 Å². The molecule has 1 atom stereocenters. The van der Waals surface area contributed by atoms with Crippen molar-refractivity contribution in [2.24, 2.45) is 0 Å². The minimum Gasteiger partial charge on any atom is -0.495 e. The Morgan fingerprint density at radius 3 is 2.55 bits per heavy atom. The van der Waals surface area contributed by atoms with E-state index in [2.05, 4.69) is 16.4 Å². The molecule has 0 aliphatic rings. The Morgan fingerprint density at radius 1 is 1.12 bits per heavy atom. The second kappa shape index (κ2) is 12.6. The fourth-order valence-electron chi connectivity index (χ4n) is 4.68. The molecule has 4 rings (SSSR count). The predicted molar refractivity (Wildman–Crippen MR) is 163 cm³/mol. The number of methoxy groups -OCH3 is 1. The number of benzene rings is 2. The van der Waals surface area contributed by atoms with Crippen LogP contribution in [0.3, 0.4) is 0 Å². The van der Waals surface area contributed by atoms with Gasteiger partial charge in [0.15, 0.2) is 5.78 Å². The number of amides is 1. The third-order valence-corrected chi connectivity index (χ3v) is 6.97. The summed E-state index contributed by atoms with van der Waals surface area (Å²) in [5.41, 5.74) is 1.99. The molecule has 2 N–H and O–H groups in total. The number of H-pyrrole nitrogens is 1. The molecule has 0 aliphatic carbocycles. The van der Waals surface area contributed by atoms with Gasteiger partial charge in [-0.2, -0.15) is 5.26 Å². The highest BCUT2D eigenvalue weighted by atomic mass is 35.5. The minimum atomic E-state index is -0.951. The Balaban J connectivity index is 1.75. The molecule has 2 heterocycles. The standard InChI is InChI=1S/C32H33ClN4O5/c1-6-28(38)23-10-8-20(33)14-24(23)25-16-30(39)37(18-29(25)41-5)27(11-12-42-32(2,3)4)31(40)36-21-9-7-19-13-22(17-34)35-26(19)15-21/h7-10,13-16,18,27,35H,6,11-12H2,1-5H3,(H,36,40). The fourth-order valence-corrected chi connectivity index (χ4v) is 4.85. The lowest BCUT2D eigenvalue weighted by Crippen LogP contribution is -2.34. The van der Waals surface area contributed by atoms with Crippen LogP contribution in [-0.2, 0) is 9.53 Å². The van der Waals surface area contributed by atoms with Gasteiger partial charge in [-0.25, -0.2) is 0 Å². The summed E-state index contributed by atoms with van der Waals surface area (Å²) < 4.78 is 12.9. The molecule has 1 unspecified atom stereocenters. The van der Waals surface area contributed by atoms with Crippen LogP contribution in [0.15, 0.2) is 59.5 Å². The van der Waals surface area contributed by atoms with Gasteiger partial charge < -0.3 is 19.8 Å². The van der Waals surface area contributed by atoms with E-state index in [1.54, 1.807) is 49.4 Å². The zero-order valence-corrected chi connectivity index (χ0v) is 25.0. The molecular formula is C32H33ClN4O5. The minimum absolute atomic E-state index is 0.106. The van der Waals surface area contributed by atoms with E-state index in [1.807, 2.05) is 20.8 Å². The highest BCUT2D eigenvalue weighted by molar-refractivity contribution is 6.31. The van der Waals surface area contributed by atoms with Crippen LogP contribution in [0.2, 0.25) is 5.02 Å². The Bertz CT molecular complexity index is 1740. The van der Waals surface area contributed by atoms with E-state index in [0.29, 0.717) is 44.4 Å². The van der Waals surface area contributed by atoms with Crippen LogP contribution in [0.1, 0.15) is 62.6 Å². The van der Waals surface area contributed by atoms with Gasteiger partial charge >= 0.3 is 0 Å². The van der Waals surface area contributed by atoms with Crippen LogP contribution >= 0.6 is 11.6 Å². The molecule has 0 saturated carbocycles. The number of ether oxygens (including phenoxy) is 2. The first kappa shape index (κ1) is 30.6. The lowest BCUT2D eigenvalue weighted by atomic mass is 9.96. The molecule has 42 heavy (non-hydrogen) atoms. The molecule has 0 radical (unpaired) electrons. The number of nitrogens with zero attached hydrogens (tertiary/aromatic N) is 2. The van der Waals surface area contributed by atoms with Gasteiger partial charge in [0.1, 0.15) is 23.6 Å². The van der Waals surface area contributed by atoms with Crippen LogP contribution in [-0.4, -0.2) is 40.6 Å². The topological polar surface area (TPSA) is 126 Å². The zero-order valence-electron chi connectivity index (χ0n) is 24.2. The monoisotopic (exact) mass is 588 g/mol. The van der Waals surface area contributed by atoms with Crippen molar-refractivity contribution < 1.29 is 19.1 Å². The zero-order chi connectivity index (χ0) is 30.6. The summed E-state index contributed by atoms with van der Waals surface area (Å²) in [6.07, 6.45) is 1.95. The maximum atomic E-state index is 13.7. The van der Waals surface area contributed by atoms with E-state index < -0.39 is 23.1 Å². The van der Waals surface area contributed by atoms with Gasteiger partial charge in [0, 0.05) is 58.3 Å². The summed E-state index contributed by atoms with van der Waals surface area (Å²) in [6, 6.07) is 14.3. The van der Waals surface area contributed by atoms with E-state index in [0.717, 1.165) is 5.39 Å². The Kier molecular flexibility index (Phi) is 9.20. The SMILES string of the molecule is CCC(=O)c1ccc(Cl)cc1-c1cc(=O)n(C(CCOC(C)(C)C)C(=O)Nc2ccc3cc(C#N)[nH]c3c2)cc1OC. The van der Waals surface area contributed by atoms with E-state index in [9.17, 15) is 19.6 Å². The number of carbonyl (C=O) groups excluding carboxylic acids is 2. The Labute approximate surface area is 249 Å².